The van der Waals surface area contributed by atoms with E-state index in [0.29, 0.717) is 0 Å². The molecule has 8 nitrogen and oxygen atoms in total. The number of morpholine rings is 2. The van der Waals surface area contributed by atoms with Crippen molar-refractivity contribution in [2.24, 2.45) is 0 Å². The van der Waals surface area contributed by atoms with Crippen molar-refractivity contribution in [2.45, 2.75) is 0 Å². The lowest BCUT2D eigenvalue weighted by molar-refractivity contribution is 0.0681. The first kappa shape index (κ1) is 20.0. The van der Waals surface area contributed by atoms with Crippen LogP contribution in [0.25, 0.3) is 0 Å². The van der Waals surface area contributed by atoms with Crippen LogP contribution in [0, 0.1) is 0 Å². The van der Waals surface area contributed by atoms with Gasteiger partial charge in [-0.3, -0.25) is 0 Å². The van der Waals surface area contributed by atoms with Gasteiger partial charge in [-0.25, -0.2) is 9.59 Å². The molecule has 1 aromatic rings. The van der Waals surface area contributed by atoms with Crippen LogP contribution in [0.1, 0.15) is 20.7 Å². The minimum Gasteiger partial charge on any atom is -0.478 e. The molecule has 1 aromatic carbocycles. The molecule has 0 unspecified atom stereocenters. The highest BCUT2D eigenvalue weighted by Crippen LogP contribution is 2.03. The molecule has 24 heavy (non-hydrogen) atoms. The molecule has 0 bridgehead atoms. The zero-order valence-corrected chi connectivity index (χ0v) is 13.5. The van der Waals surface area contributed by atoms with E-state index in [2.05, 4.69) is 10.6 Å². The van der Waals surface area contributed by atoms with E-state index in [1.54, 1.807) is 0 Å². The first-order valence-corrected chi connectivity index (χ1v) is 7.75. The number of carbonyl (C=O) groups is 2. The molecule has 0 aliphatic carbocycles. The number of benzene rings is 1. The zero-order chi connectivity index (χ0) is 17.6. The molecule has 134 valence electrons. The van der Waals surface area contributed by atoms with Gasteiger partial charge in [0.2, 0.25) is 0 Å². The smallest absolute Gasteiger partial charge is 0.335 e. The van der Waals surface area contributed by atoms with Crippen molar-refractivity contribution >= 4 is 11.9 Å². The van der Waals surface area contributed by atoms with Gasteiger partial charge in [0.25, 0.3) is 0 Å². The van der Waals surface area contributed by atoms with Crippen LogP contribution in [-0.4, -0.2) is 74.8 Å². The summed E-state index contributed by atoms with van der Waals surface area (Å²) in [6, 6.07) is 5.02. The van der Waals surface area contributed by atoms with E-state index in [0.717, 1.165) is 52.6 Å². The Kier molecular flexibility index (Phi) is 10.4. The number of rotatable bonds is 2. The van der Waals surface area contributed by atoms with Gasteiger partial charge in [0.05, 0.1) is 37.6 Å². The van der Waals surface area contributed by atoms with Gasteiger partial charge < -0.3 is 30.3 Å². The predicted octanol–water partition coefficient (Wildman–Crippen LogP) is 0.295. The van der Waals surface area contributed by atoms with Crippen LogP contribution in [0.3, 0.4) is 0 Å². The number of carboxylic acids is 2. The third-order valence-electron chi connectivity index (χ3n) is 3.07. The van der Waals surface area contributed by atoms with Crippen LogP contribution in [0.5, 0.6) is 0 Å². The maximum Gasteiger partial charge on any atom is 0.335 e. The lowest BCUT2D eigenvalue weighted by Crippen LogP contribution is -2.30. The van der Waals surface area contributed by atoms with Crippen molar-refractivity contribution in [1.82, 2.24) is 10.6 Å². The second-order valence-electron chi connectivity index (χ2n) is 4.91. The molecule has 4 N–H and O–H groups in total. The fourth-order valence-electron chi connectivity index (χ4n) is 1.79. The minimum atomic E-state index is -1.06. The third kappa shape index (κ3) is 9.21. The van der Waals surface area contributed by atoms with E-state index in [9.17, 15) is 9.59 Å². The Hall–Kier alpha value is -2.00. The van der Waals surface area contributed by atoms with Crippen molar-refractivity contribution in [3.63, 3.8) is 0 Å². The van der Waals surface area contributed by atoms with Crippen LogP contribution in [0.15, 0.2) is 24.3 Å². The lowest BCUT2D eigenvalue weighted by atomic mass is 10.1. The predicted molar refractivity (Wildman–Crippen MR) is 87.7 cm³/mol. The number of hydrogen-bond donors (Lipinski definition) is 4. The zero-order valence-electron chi connectivity index (χ0n) is 13.5. The standard InChI is InChI=1S/C8H6O4.2C4H9NO/c9-7(10)5-1-2-6(4-3-5)8(11)12;2*1-3-6-4-2-5-1/h1-4H,(H,9,10)(H,11,12);2*5H,1-4H2. The maximum absolute atomic E-state index is 10.3. The quantitative estimate of drug-likeness (QED) is 0.607. The molecule has 2 aliphatic rings. The van der Waals surface area contributed by atoms with E-state index in [1.807, 2.05) is 0 Å². The maximum atomic E-state index is 10.3. The number of hydrogen-bond acceptors (Lipinski definition) is 6. The molecular formula is C16H24N2O6. The normalized spacial score (nSPS) is 16.7. The molecule has 0 aromatic heterocycles. The van der Waals surface area contributed by atoms with E-state index in [1.165, 1.54) is 24.3 Å². The first-order chi connectivity index (χ1) is 11.6. The Balaban J connectivity index is 0.000000200. The first-order valence-electron chi connectivity index (χ1n) is 7.75. The summed E-state index contributed by atoms with van der Waals surface area (Å²) < 4.78 is 10.0. The van der Waals surface area contributed by atoms with Crippen molar-refractivity contribution < 1.29 is 29.3 Å². The number of carboxylic acid groups (broad SMARTS) is 2. The molecule has 0 atom stereocenters. The molecular weight excluding hydrogens is 316 g/mol. The SMILES string of the molecule is C1COCCN1.C1COCCN1.O=C(O)c1ccc(C(=O)O)cc1. The summed E-state index contributed by atoms with van der Waals surface area (Å²) in [5.74, 6) is -2.13. The van der Waals surface area contributed by atoms with Gasteiger partial charge in [-0.05, 0) is 24.3 Å². The molecule has 0 spiro atoms. The summed E-state index contributed by atoms with van der Waals surface area (Å²) in [5, 5.41) is 23.3. The third-order valence-corrected chi connectivity index (χ3v) is 3.07. The highest BCUT2D eigenvalue weighted by atomic mass is 16.5. The summed E-state index contributed by atoms with van der Waals surface area (Å²) in [7, 11) is 0. The fourth-order valence-corrected chi connectivity index (χ4v) is 1.79. The van der Waals surface area contributed by atoms with Crippen molar-refractivity contribution in [3.8, 4) is 0 Å². The molecule has 2 heterocycles. The Labute approximate surface area is 140 Å². The molecule has 2 fully saturated rings. The summed E-state index contributed by atoms with van der Waals surface area (Å²) in [4.78, 5) is 20.7. The summed E-state index contributed by atoms with van der Waals surface area (Å²) >= 11 is 0. The summed E-state index contributed by atoms with van der Waals surface area (Å²) in [6.07, 6.45) is 0. The highest BCUT2D eigenvalue weighted by Gasteiger charge is 2.04. The Morgan fingerprint density at radius 1 is 0.708 bits per heavy atom. The van der Waals surface area contributed by atoms with Crippen LogP contribution < -0.4 is 10.6 Å². The summed E-state index contributed by atoms with van der Waals surface area (Å²) in [5.41, 5.74) is 0.167. The molecule has 2 saturated heterocycles. The van der Waals surface area contributed by atoms with Crippen LogP contribution >= 0.6 is 0 Å². The van der Waals surface area contributed by atoms with E-state index >= 15 is 0 Å². The van der Waals surface area contributed by atoms with Gasteiger partial charge in [-0.2, -0.15) is 0 Å². The van der Waals surface area contributed by atoms with Gasteiger partial charge in [0, 0.05) is 26.2 Å². The molecule has 0 saturated carbocycles. The van der Waals surface area contributed by atoms with Gasteiger partial charge in [0.1, 0.15) is 0 Å². The van der Waals surface area contributed by atoms with E-state index in [-0.39, 0.29) is 11.1 Å². The Morgan fingerprint density at radius 2 is 1.00 bits per heavy atom. The molecule has 3 rings (SSSR count). The van der Waals surface area contributed by atoms with Gasteiger partial charge in [-0.15, -0.1) is 0 Å². The highest BCUT2D eigenvalue weighted by molar-refractivity contribution is 5.91. The Morgan fingerprint density at radius 3 is 1.12 bits per heavy atom. The van der Waals surface area contributed by atoms with Crippen molar-refractivity contribution in [3.05, 3.63) is 35.4 Å². The van der Waals surface area contributed by atoms with Crippen molar-refractivity contribution in [1.29, 1.82) is 0 Å². The Bertz CT molecular complexity index is 416. The van der Waals surface area contributed by atoms with Crippen LogP contribution in [-0.2, 0) is 9.47 Å². The van der Waals surface area contributed by atoms with Crippen LogP contribution in [0.4, 0.5) is 0 Å². The molecule has 2 aliphatic heterocycles. The average molecular weight is 340 g/mol. The number of ether oxygens (including phenoxy) is 2. The van der Waals surface area contributed by atoms with E-state index < -0.39 is 11.9 Å². The lowest BCUT2D eigenvalue weighted by Gasteiger charge is -2.10. The van der Waals surface area contributed by atoms with Gasteiger partial charge in [0.15, 0.2) is 0 Å². The molecule has 0 amide bonds. The van der Waals surface area contributed by atoms with Gasteiger partial charge in [-0.1, -0.05) is 0 Å². The second kappa shape index (κ2) is 12.4. The molecule has 0 radical (unpaired) electrons. The average Bonchev–Trinajstić information content (AvgIpc) is 2.65. The topological polar surface area (TPSA) is 117 Å². The monoisotopic (exact) mass is 340 g/mol. The second-order valence-corrected chi connectivity index (χ2v) is 4.91. The van der Waals surface area contributed by atoms with Crippen LogP contribution in [0.2, 0.25) is 0 Å². The van der Waals surface area contributed by atoms with E-state index in [4.69, 9.17) is 19.7 Å². The minimum absolute atomic E-state index is 0.0833. The van der Waals surface area contributed by atoms with Crippen molar-refractivity contribution in [2.75, 3.05) is 52.6 Å². The van der Waals surface area contributed by atoms with Gasteiger partial charge >= 0.3 is 11.9 Å². The fraction of sp³-hybridized carbons (Fsp3) is 0.500. The number of aromatic carboxylic acids is 2. The largest absolute Gasteiger partial charge is 0.478 e. The number of nitrogens with one attached hydrogen (secondary N) is 2. The summed E-state index contributed by atoms with van der Waals surface area (Å²) in [6.45, 7) is 7.67. The molecule has 8 heteroatoms.